The Balaban J connectivity index is 2.52. The molecule has 0 amide bonds. The van der Waals surface area contributed by atoms with Crippen LogP contribution in [-0.2, 0) is 0 Å². The number of likely N-dealkylation sites (tertiary alicyclic amines) is 1. The maximum atomic E-state index is 9.61. The molecule has 0 radical (unpaired) electrons. The van der Waals surface area contributed by atoms with Crippen LogP contribution in [0.2, 0.25) is 0 Å². The van der Waals surface area contributed by atoms with Crippen LogP contribution >= 0.6 is 0 Å². The third kappa shape index (κ3) is 4.57. The summed E-state index contributed by atoms with van der Waals surface area (Å²) in [4.78, 5) is 2.57. The topological polar surface area (TPSA) is 35.5 Å². The first-order chi connectivity index (χ1) is 8.15. The number of hydrogen-bond donors (Lipinski definition) is 2. The van der Waals surface area contributed by atoms with Crippen molar-refractivity contribution in [2.24, 2.45) is 0 Å². The van der Waals surface area contributed by atoms with Crippen molar-refractivity contribution in [3.63, 3.8) is 0 Å². The van der Waals surface area contributed by atoms with Crippen LogP contribution in [0.3, 0.4) is 0 Å². The van der Waals surface area contributed by atoms with Gasteiger partial charge in [-0.1, -0.05) is 20.3 Å². The molecule has 1 aliphatic heterocycles. The van der Waals surface area contributed by atoms with Crippen LogP contribution < -0.4 is 5.32 Å². The van der Waals surface area contributed by atoms with E-state index in [1.165, 1.54) is 32.2 Å². The van der Waals surface area contributed by atoms with Crippen LogP contribution in [-0.4, -0.2) is 47.8 Å². The van der Waals surface area contributed by atoms with Gasteiger partial charge in [0.2, 0.25) is 0 Å². The summed E-state index contributed by atoms with van der Waals surface area (Å²) in [6.07, 6.45) is 6.35. The van der Waals surface area contributed by atoms with Crippen molar-refractivity contribution < 1.29 is 5.11 Å². The molecule has 3 nitrogen and oxygen atoms in total. The Morgan fingerprint density at radius 2 is 2.12 bits per heavy atom. The van der Waals surface area contributed by atoms with Gasteiger partial charge < -0.3 is 10.4 Å². The zero-order chi connectivity index (χ0) is 12.7. The summed E-state index contributed by atoms with van der Waals surface area (Å²) < 4.78 is 0. The lowest BCUT2D eigenvalue weighted by molar-refractivity contribution is 0.0726. The van der Waals surface area contributed by atoms with Gasteiger partial charge in [-0.2, -0.15) is 0 Å². The molecule has 2 atom stereocenters. The van der Waals surface area contributed by atoms with E-state index >= 15 is 0 Å². The van der Waals surface area contributed by atoms with Crippen molar-refractivity contribution in [1.82, 2.24) is 10.2 Å². The number of aliphatic hydroxyl groups excluding tert-OH is 1. The normalized spacial score (nSPS) is 25.8. The highest BCUT2D eigenvalue weighted by Gasteiger charge is 2.29. The molecule has 17 heavy (non-hydrogen) atoms. The fourth-order valence-electron chi connectivity index (χ4n) is 2.77. The van der Waals surface area contributed by atoms with E-state index < -0.39 is 0 Å². The maximum Gasteiger partial charge on any atom is 0.0623 e. The van der Waals surface area contributed by atoms with E-state index in [0.29, 0.717) is 0 Å². The van der Waals surface area contributed by atoms with Crippen LogP contribution in [0.5, 0.6) is 0 Å². The van der Waals surface area contributed by atoms with E-state index in [4.69, 9.17) is 0 Å². The van der Waals surface area contributed by atoms with Gasteiger partial charge in [0.25, 0.3) is 0 Å². The lowest BCUT2D eigenvalue weighted by Gasteiger charge is -2.41. The van der Waals surface area contributed by atoms with Gasteiger partial charge in [-0.15, -0.1) is 0 Å². The first-order valence-corrected chi connectivity index (χ1v) is 7.25. The van der Waals surface area contributed by atoms with E-state index in [1.54, 1.807) is 0 Å². The quantitative estimate of drug-likeness (QED) is 0.717. The third-order valence-corrected chi connectivity index (χ3v) is 3.92. The first-order valence-electron chi connectivity index (χ1n) is 7.25. The van der Waals surface area contributed by atoms with Crippen molar-refractivity contribution >= 4 is 0 Å². The zero-order valence-corrected chi connectivity index (χ0v) is 11.8. The van der Waals surface area contributed by atoms with Gasteiger partial charge in [-0.05, 0) is 45.7 Å². The highest BCUT2D eigenvalue weighted by molar-refractivity contribution is 4.89. The molecular formula is C14H30N2O. The maximum absolute atomic E-state index is 9.61. The number of piperidine rings is 1. The summed E-state index contributed by atoms with van der Waals surface area (Å²) >= 11 is 0. The molecule has 0 aromatic carbocycles. The molecule has 1 aliphatic rings. The molecule has 1 fully saturated rings. The fraction of sp³-hybridized carbons (Fsp3) is 1.00. The van der Waals surface area contributed by atoms with Crippen LogP contribution in [0.4, 0.5) is 0 Å². The SMILES string of the molecule is CCCNC(C)(CO)CN1CCCCC1CC. The van der Waals surface area contributed by atoms with Crippen LogP contribution in [0, 0.1) is 0 Å². The van der Waals surface area contributed by atoms with E-state index in [9.17, 15) is 5.11 Å². The number of hydrogen-bond acceptors (Lipinski definition) is 3. The van der Waals surface area contributed by atoms with Crippen molar-refractivity contribution in [3.05, 3.63) is 0 Å². The Bertz CT molecular complexity index is 210. The van der Waals surface area contributed by atoms with E-state index in [-0.39, 0.29) is 12.1 Å². The molecule has 0 spiro atoms. The molecule has 0 aromatic heterocycles. The molecule has 3 heteroatoms. The smallest absolute Gasteiger partial charge is 0.0623 e. The molecule has 1 rings (SSSR count). The lowest BCUT2D eigenvalue weighted by Crippen LogP contribution is -2.57. The Kier molecular flexibility index (Phi) is 6.45. The monoisotopic (exact) mass is 242 g/mol. The largest absolute Gasteiger partial charge is 0.394 e. The predicted octanol–water partition coefficient (Wildman–Crippen LogP) is 2.00. The second-order valence-corrected chi connectivity index (χ2v) is 5.67. The number of nitrogens with one attached hydrogen (secondary N) is 1. The van der Waals surface area contributed by atoms with Crippen molar-refractivity contribution in [2.75, 3.05) is 26.2 Å². The van der Waals surface area contributed by atoms with Gasteiger partial charge in [0.05, 0.1) is 12.1 Å². The van der Waals surface area contributed by atoms with E-state index in [1.807, 2.05) is 0 Å². The second-order valence-electron chi connectivity index (χ2n) is 5.67. The number of rotatable bonds is 7. The molecule has 102 valence electrons. The highest BCUT2D eigenvalue weighted by atomic mass is 16.3. The summed E-state index contributed by atoms with van der Waals surface area (Å²) in [5.74, 6) is 0. The molecule has 1 heterocycles. The van der Waals surface area contributed by atoms with E-state index in [2.05, 4.69) is 31.0 Å². The Labute approximate surface area is 107 Å². The Morgan fingerprint density at radius 3 is 2.71 bits per heavy atom. The Morgan fingerprint density at radius 1 is 1.35 bits per heavy atom. The van der Waals surface area contributed by atoms with Crippen molar-refractivity contribution in [1.29, 1.82) is 0 Å². The van der Waals surface area contributed by atoms with Crippen LogP contribution in [0.1, 0.15) is 52.9 Å². The third-order valence-electron chi connectivity index (χ3n) is 3.92. The summed E-state index contributed by atoms with van der Waals surface area (Å²) in [6.45, 7) is 9.97. The van der Waals surface area contributed by atoms with Gasteiger partial charge in [-0.25, -0.2) is 0 Å². The molecule has 2 unspecified atom stereocenters. The minimum atomic E-state index is -0.138. The zero-order valence-electron chi connectivity index (χ0n) is 11.8. The molecule has 0 aromatic rings. The number of nitrogens with zero attached hydrogens (tertiary/aromatic N) is 1. The summed E-state index contributed by atoms with van der Waals surface area (Å²) in [5, 5.41) is 13.1. The minimum absolute atomic E-state index is 0.138. The predicted molar refractivity (Wildman–Crippen MR) is 73.3 cm³/mol. The molecule has 0 aliphatic carbocycles. The Hall–Kier alpha value is -0.120. The average molecular weight is 242 g/mol. The highest BCUT2D eigenvalue weighted by Crippen LogP contribution is 2.21. The molecule has 1 saturated heterocycles. The van der Waals surface area contributed by atoms with Crippen LogP contribution in [0.15, 0.2) is 0 Å². The standard InChI is InChI=1S/C14H30N2O/c1-4-9-15-14(3,12-17)11-16-10-7-6-8-13(16)5-2/h13,15,17H,4-12H2,1-3H3. The van der Waals surface area contributed by atoms with E-state index in [0.717, 1.165) is 25.6 Å². The average Bonchev–Trinajstić information content (AvgIpc) is 2.37. The fourth-order valence-corrected chi connectivity index (χ4v) is 2.77. The molecular weight excluding hydrogens is 212 g/mol. The molecule has 0 saturated carbocycles. The van der Waals surface area contributed by atoms with Crippen LogP contribution in [0.25, 0.3) is 0 Å². The van der Waals surface area contributed by atoms with Crippen molar-refractivity contribution in [3.8, 4) is 0 Å². The summed E-state index contributed by atoms with van der Waals surface area (Å²) in [6, 6.07) is 0.720. The number of aliphatic hydroxyl groups is 1. The van der Waals surface area contributed by atoms with Gasteiger partial charge in [0.15, 0.2) is 0 Å². The summed E-state index contributed by atoms with van der Waals surface area (Å²) in [5.41, 5.74) is -0.138. The molecule has 0 bridgehead atoms. The van der Waals surface area contributed by atoms with Gasteiger partial charge in [0.1, 0.15) is 0 Å². The minimum Gasteiger partial charge on any atom is -0.394 e. The van der Waals surface area contributed by atoms with Gasteiger partial charge >= 0.3 is 0 Å². The second kappa shape index (κ2) is 7.34. The molecule has 2 N–H and O–H groups in total. The summed E-state index contributed by atoms with van der Waals surface area (Å²) in [7, 11) is 0. The first kappa shape index (κ1) is 14.9. The van der Waals surface area contributed by atoms with Crippen molar-refractivity contribution in [2.45, 2.75) is 64.5 Å². The van der Waals surface area contributed by atoms with Gasteiger partial charge in [0, 0.05) is 12.6 Å². The van der Waals surface area contributed by atoms with Gasteiger partial charge in [-0.3, -0.25) is 4.90 Å². The lowest BCUT2D eigenvalue weighted by atomic mass is 9.95.